The van der Waals surface area contributed by atoms with E-state index in [1.807, 2.05) is 6.92 Å². The van der Waals surface area contributed by atoms with Crippen LogP contribution in [-0.2, 0) is 24.8 Å². The predicted octanol–water partition coefficient (Wildman–Crippen LogP) is 2.06. The molecule has 28 heavy (non-hydrogen) atoms. The average Bonchev–Trinajstić information content (AvgIpc) is 2.61. The fourth-order valence-electron chi connectivity index (χ4n) is 2.04. The van der Waals surface area contributed by atoms with Crippen LogP contribution in [0, 0.1) is 30.1 Å². The standard InChI is InChI=1S/C18H23ClN2O5S2/c1-4-6-8-15(5-2)14-26-12-7-11-20-28(24,25)16-9-10-17(19)18(13-16)21-27(3,22)23/h1,9-10,13,15,20-21H,5,7,11-12,14H2,2-3H3. The first-order chi connectivity index (χ1) is 13.1. The summed E-state index contributed by atoms with van der Waals surface area (Å²) in [6.07, 6.45) is 7.31. The maximum absolute atomic E-state index is 12.4. The van der Waals surface area contributed by atoms with Crippen molar-refractivity contribution in [3.63, 3.8) is 0 Å². The quantitative estimate of drug-likeness (QED) is 0.400. The molecule has 0 saturated heterocycles. The van der Waals surface area contributed by atoms with Crippen LogP contribution < -0.4 is 9.44 Å². The van der Waals surface area contributed by atoms with Gasteiger partial charge in [-0.05, 0) is 42.9 Å². The third-order valence-corrected chi connectivity index (χ3v) is 5.84. The second-order valence-corrected chi connectivity index (χ2v) is 9.78. The minimum atomic E-state index is -3.82. The maximum Gasteiger partial charge on any atom is 0.240 e. The van der Waals surface area contributed by atoms with Crippen LogP contribution in [0.5, 0.6) is 0 Å². The van der Waals surface area contributed by atoms with E-state index in [1.54, 1.807) is 0 Å². The summed E-state index contributed by atoms with van der Waals surface area (Å²) in [6.45, 7) is 2.92. The van der Waals surface area contributed by atoms with Crippen molar-refractivity contribution >= 4 is 37.3 Å². The van der Waals surface area contributed by atoms with Crippen molar-refractivity contribution in [1.29, 1.82) is 0 Å². The fraction of sp³-hybridized carbons (Fsp3) is 0.444. The van der Waals surface area contributed by atoms with E-state index in [4.69, 9.17) is 22.8 Å². The maximum atomic E-state index is 12.4. The van der Waals surface area contributed by atoms with Gasteiger partial charge >= 0.3 is 0 Å². The smallest absolute Gasteiger partial charge is 0.240 e. The van der Waals surface area contributed by atoms with E-state index in [0.717, 1.165) is 18.7 Å². The van der Waals surface area contributed by atoms with Crippen molar-refractivity contribution in [3.8, 4) is 24.2 Å². The summed E-state index contributed by atoms with van der Waals surface area (Å²) in [6, 6.07) is 3.78. The molecular weight excluding hydrogens is 424 g/mol. The highest BCUT2D eigenvalue weighted by atomic mass is 35.5. The molecule has 1 atom stereocenters. The first-order valence-electron chi connectivity index (χ1n) is 8.40. The first kappa shape index (κ1) is 24.3. The molecule has 0 aromatic heterocycles. The van der Waals surface area contributed by atoms with Gasteiger partial charge in [0, 0.05) is 19.1 Å². The molecule has 1 rings (SSSR count). The highest BCUT2D eigenvalue weighted by Gasteiger charge is 2.16. The minimum Gasteiger partial charge on any atom is -0.380 e. The summed E-state index contributed by atoms with van der Waals surface area (Å²) in [5, 5.41) is 0.0937. The van der Waals surface area contributed by atoms with Gasteiger partial charge in [0.1, 0.15) is 0 Å². The van der Waals surface area contributed by atoms with Crippen molar-refractivity contribution in [2.45, 2.75) is 24.7 Å². The van der Waals surface area contributed by atoms with Crippen molar-refractivity contribution in [2.75, 3.05) is 30.7 Å². The van der Waals surface area contributed by atoms with E-state index < -0.39 is 20.0 Å². The van der Waals surface area contributed by atoms with E-state index >= 15 is 0 Å². The van der Waals surface area contributed by atoms with Gasteiger partial charge in [-0.1, -0.05) is 24.4 Å². The topological polar surface area (TPSA) is 102 Å². The Labute approximate surface area is 172 Å². The molecule has 1 aromatic carbocycles. The van der Waals surface area contributed by atoms with Gasteiger partial charge in [-0.25, -0.2) is 21.6 Å². The van der Waals surface area contributed by atoms with Gasteiger partial charge in [-0.3, -0.25) is 4.72 Å². The highest BCUT2D eigenvalue weighted by Crippen LogP contribution is 2.25. The summed E-state index contributed by atoms with van der Waals surface area (Å²) < 4.78 is 57.5. The van der Waals surface area contributed by atoms with Gasteiger partial charge in [-0.2, -0.15) is 0 Å². The molecule has 0 fully saturated rings. The molecule has 0 aliphatic carbocycles. The Balaban J connectivity index is 2.57. The zero-order chi connectivity index (χ0) is 21.2. The Morgan fingerprint density at radius 1 is 1.29 bits per heavy atom. The molecule has 0 amide bonds. The van der Waals surface area contributed by atoms with Crippen LogP contribution >= 0.6 is 11.6 Å². The largest absolute Gasteiger partial charge is 0.380 e. The van der Waals surface area contributed by atoms with Gasteiger partial charge in [0.05, 0.1) is 28.5 Å². The number of rotatable bonds is 11. The third kappa shape index (κ3) is 8.96. The Morgan fingerprint density at radius 3 is 2.61 bits per heavy atom. The molecule has 0 aliphatic rings. The van der Waals surface area contributed by atoms with Gasteiger partial charge < -0.3 is 4.74 Å². The zero-order valence-electron chi connectivity index (χ0n) is 15.7. The molecule has 7 nitrogen and oxygen atoms in total. The lowest BCUT2D eigenvalue weighted by Gasteiger charge is -2.11. The molecule has 1 aromatic rings. The zero-order valence-corrected chi connectivity index (χ0v) is 18.0. The molecule has 1 unspecified atom stereocenters. The number of halogens is 1. The average molecular weight is 447 g/mol. The predicted molar refractivity (Wildman–Crippen MR) is 111 cm³/mol. The van der Waals surface area contributed by atoms with Crippen LogP contribution in [0.15, 0.2) is 23.1 Å². The summed E-state index contributed by atoms with van der Waals surface area (Å²) in [5.74, 6) is 7.77. The van der Waals surface area contributed by atoms with E-state index in [2.05, 4.69) is 27.2 Å². The number of hydrogen-bond acceptors (Lipinski definition) is 5. The number of terminal acetylenes is 1. The highest BCUT2D eigenvalue weighted by molar-refractivity contribution is 7.92. The molecule has 0 bridgehead atoms. The number of nitrogens with one attached hydrogen (secondary N) is 2. The van der Waals surface area contributed by atoms with Crippen molar-refractivity contribution in [3.05, 3.63) is 23.2 Å². The van der Waals surface area contributed by atoms with E-state index in [0.29, 0.717) is 19.6 Å². The number of benzene rings is 1. The van der Waals surface area contributed by atoms with E-state index in [9.17, 15) is 16.8 Å². The summed E-state index contributed by atoms with van der Waals surface area (Å²) in [5.41, 5.74) is -0.00550. The van der Waals surface area contributed by atoms with Crippen LogP contribution in [-0.4, -0.2) is 42.8 Å². The minimum absolute atomic E-state index is 0.00550. The monoisotopic (exact) mass is 446 g/mol. The molecule has 0 heterocycles. The number of sulfonamides is 2. The van der Waals surface area contributed by atoms with Gasteiger partial charge in [0.15, 0.2) is 0 Å². The van der Waals surface area contributed by atoms with Crippen LogP contribution in [0.3, 0.4) is 0 Å². The normalized spacial score (nSPS) is 12.5. The molecule has 2 N–H and O–H groups in total. The Morgan fingerprint density at radius 2 is 2.00 bits per heavy atom. The van der Waals surface area contributed by atoms with Crippen molar-refractivity contribution in [2.24, 2.45) is 5.92 Å². The molecule has 0 aliphatic heterocycles. The van der Waals surface area contributed by atoms with E-state index in [1.165, 1.54) is 12.1 Å². The van der Waals surface area contributed by atoms with Crippen LogP contribution in [0.4, 0.5) is 5.69 Å². The molecule has 0 radical (unpaired) electrons. The molecule has 0 saturated carbocycles. The fourth-order valence-corrected chi connectivity index (χ4v) is 3.93. The molecule has 10 heteroatoms. The summed E-state index contributed by atoms with van der Waals surface area (Å²) in [4.78, 5) is -0.0976. The lowest BCUT2D eigenvalue weighted by molar-refractivity contribution is 0.112. The van der Waals surface area contributed by atoms with Crippen LogP contribution in [0.1, 0.15) is 19.8 Å². The number of ether oxygens (including phenoxy) is 1. The van der Waals surface area contributed by atoms with Gasteiger partial charge in [0.25, 0.3) is 0 Å². The first-order valence-corrected chi connectivity index (χ1v) is 12.1. The third-order valence-electron chi connectivity index (χ3n) is 3.46. The van der Waals surface area contributed by atoms with E-state index in [-0.39, 0.29) is 28.1 Å². The van der Waals surface area contributed by atoms with Gasteiger partial charge in [0.2, 0.25) is 20.0 Å². The summed E-state index contributed by atoms with van der Waals surface area (Å²) in [7, 11) is -7.41. The van der Waals surface area contributed by atoms with Gasteiger partial charge in [-0.15, -0.1) is 6.42 Å². The molecular formula is C18H23ClN2O5S2. The molecule has 0 spiro atoms. The second kappa shape index (κ2) is 11.3. The Hall–Kier alpha value is -1.75. The Kier molecular flexibility index (Phi) is 9.80. The lowest BCUT2D eigenvalue weighted by Crippen LogP contribution is -2.26. The molecule has 154 valence electrons. The van der Waals surface area contributed by atoms with Crippen LogP contribution in [0.25, 0.3) is 0 Å². The number of hydrogen-bond donors (Lipinski definition) is 2. The SMILES string of the molecule is C#CC#CC(CC)COCCCNS(=O)(=O)c1ccc(Cl)c(NS(C)(=O)=O)c1. The second-order valence-electron chi connectivity index (χ2n) is 5.86. The summed E-state index contributed by atoms with van der Waals surface area (Å²) >= 11 is 5.90. The van der Waals surface area contributed by atoms with Crippen LogP contribution in [0.2, 0.25) is 5.02 Å². The lowest BCUT2D eigenvalue weighted by atomic mass is 10.1. The van der Waals surface area contributed by atoms with Crippen molar-refractivity contribution < 1.29 is 21.6 Å². The Bertz CT molecular complexity index is 973. The number of anilines is 1. The van der Waals surface area contributed by atoms with Crippen molar-refractivity contribution in [1.82, 2.24) is 4.72 Å².